The Balaban J connectivity index is 1.13. The number of pyridine rings is 1. The number of aromatic nitrogens is 4. The molecule has 0 fully saturated rings. The monoisotopic (exact) mass is 654 g/mol. The number of hydrogen-bond donors (Lipinski definition) is 0. The highest BCUT2D eigenvalue weighted by Gasteiger charge is 2.37. The van der Waals surface area contributed by atoms with Gasteiger partial charge in [0.05, 0.1) is 22.2 Å². The Morgan fingerprint density at radius 3 is 2.08 bits per heavy atom. The van der Waals surface area contributed by atoms with Crippen molar-refractivity contribution in [2.75, 3.05) is 0 Å². The van der Waals surface area contributed by atoms with E-state index in [1.165, 1.54) is 33.0 Å². The molecule has 1 aliphatic carbocycles. The summed E-state index contributed by atoms with van der Waals surface area (Å²) < 4.78 is 8.65. The summed E-state index contributed by atoms with van der Waals surface area (Å²) in [6.45, 7) is 4.65. The zero-order valence-electron chi connectivity index (χ0n) is 28.1. The molecule has 5 nitrogen and oxygen atoms in total. The van der Waals surface area contributed by atoms with Crippen molar-refractivity contribution >= 4 is 54.6 Å². The van der Waals surface area contributed by atoms with Crippen molar-refractivity contribution in [3.8, 4) is 39.7 Å². The molecule has 10 aromatic rings. The van der Waals surface area contributed by atoms with Crippen LogP contribution in [0.2, 0.25) is 0 Å². The summed E-state index contributed by atoms with van der Waals surface area (Å²) >= 11 is 0. The van der Waals surface area contributed by atoms with Crippen molar-refractivity contribution in [2.24, 2.45) is 0 Å². The number of rotatable bonds is 3. The van der Waals surface area contributed by atoms with Crippen LogP contribution in [-0.4, -0.2) is 19.5 Å². The zero-order valence-corrected chi connectivity index (χ0v) is 28.1. The van der Waals surface area contributed by atoms with E-state index in [2.05, 4.69) is 115 Å². The first-order chi connectivity index (χ1) is 25.0. The van der Waals surface area contributed by atoms with Crippen molar-refractivity contribution < 1.29 is 4.42 Å². The average molecular weight is 655 g/mol. The predicted octanol–water partition coefficient (Wildman–Crippen LogP) is 11.7. The van der Waals surface area contributed by atoms with Gasteiger partial charge in [0, 0.05) is 37.9 Å². The van der Waals surface area contributed by atoms with Crippen LogP contribution in [0.4, 0.5) is 0 Å². The molecular weight excluding hydrogens is 625 g/mol. The van der Waals surface area contributed by atoms with E-state index in [1.807, 2.05) is 48.5 Å². The molecule has 4 heterocycles. The summed E-state index contributed by atoms with van der Waals surface area (Å²) in [5, 5.41) is 5.71. The van der Waals surface area contributed by atoms with Gasteiger partial charge in [0.15, 0.2) is 5.82 Å². The van der Waals surface area contributed by atoms with Crippen molar-refractivity contribution in [1.82, 2.24) is 19.5 Å². The topological polar surface area (TPSA) is 56.7 Å². The summed E-state index contributed by atoms with van der Waals surface area (Å²) in [6, 6.07) is 51.0. The van der Waals surface area contributed by atoms with Crippen LogP contribution < -0.4 is 0 Å². The van der Waals surface area contributed by atoms with E-state index < -0.39 is 0 Å². The summed E-state index contributed by atoms with van der Waals surface area (Å²) in [4.78, 5) is 15.4. The molecule has 0 atom stereocenters. The Morgan fingerprint density at radius 1 is 0.510 bits per heavy atom. The fourth-order valence-corrected chi connectivity index (χ4v) is 8.34. The molecule has 11 rings (SSSR count). The maximum absolute atomic E-state index is 6.35. The Kier molecular flexibility index (Phi) is 5.66. The molecule has 0 saturated heterocycles. The van der Waals surface area contributed by atoms with Crippen molar-refractivity contribution in [2.45, 2.75) is 19.3 Å². The van der Waals surface area contributed by atoms with E-state index in [-0.39, 0.29) is 5.41 Å². The highest BCUT2D eigenvalue weighted by Crippen LogP contribution is 2.52. The Bertz CT molecular complexity index is 3060. The molecule has 0 radical (unpaired) electrons. The van der Waals surface area contributed by atoms with Gasteiger partial charge in [-0.3, -0.25) is 4.57 Å². The zero-order chi connectivity index (χ0) is 33.8. The number of para-hydroxylation sites is 3. The van der Waals surface area contributed by atoms with Crippen LogP contribution in [0.1, 0.15) is 25.0 Å². The normalized spacial score (nSPS) is 13.5. The van der Waals surface area contributed by atoms with Crippen LogP contribution in [0.3, 0.4) is 0 Å². The standard InChI is InChI=1S/C46H30N4O/c1-46(2)35-25-40-33(23-31(35)32-24-34-29-16-8-11-21-41(29)51-42(34)26-36(32)46)28-15-7-10-20-39(28)50(40)43-22-12-19-38(47-43)45-48-37-18-9-6-17-30(37)44(49-45)27-13-4-3-5-14-27/h3-26H,1-2H3. The third-order valence-corrected chi connectivity index (χ3v) is 10.8. The fraction of sp³-hybridized carbons (Fsp3) is 0.0652. The summed E-state index contributed by atoms with van der Waals surface area (Å²) in [5.41, 5.74) is 12.6. The molecule has 240 valence electrons. The van der Waals surface area contributed by atoms with Crippen LogP contribution in [0, 0.1) is 0 Å². The summed E-state index contributed by atoms with van der Waals surface area (Å²) in [5.74, 6) is 1.43. The molecule has 4 aromatic heterocycles. The van der Waals surface area contributed by atoms with E-state index >= 15 is 0 Å². The van der Waals surface area contributed by atoms with Crippen molar-refractivity contribution in [3.05, 3.63) is 157 Å². The lowest BCUT2D eigenvalue weighted by Crippen LogP contribution is -2.15. The molecule has 6 aromatic carbocycles. The van der Waals surface area contributed by atoms with Gasteiger partial charge in [-0.2, -0.15) is 0 Å². The molecule has 0 aliphatic heterocycles. The second-order valence-electron chi connectivity index (χ2n) is 14.0. The number of hydrogen-bond acceptors (Lipinski definition) is 4. The SMILES string of the molecule is CC1(C)c2cc3oc4ccccc4c3cc2-c2cc3c4ccccc4n(-c4cccc(-c5nc(-c6ccccc6)c6ccccc6n5)n4)c3cc21. The number of nitrogens with zero attached hydrogens (tertiary/aromatic N) is 4. The van der Waals surface area contributed by atoms with Crippen LogP contribution in [0.25, 0.3) is 94.4 Å². The second kappa shape index (κ2) is 10.2. The molecular formula is C46H30N4O. The van der Waals surface area contributed by atoms with Gasteiger partial charge in [0.2, 0.25) is 0 Å². The number of benzene rings is 6. The van der Waals surface area contributed by atoms with Gasteiger partial charge < -0.3 is 4.42 Å². The Morgan fingerprint density at radius 2 is 1.22 bits per heavy atom. The molecule has 0 spiro atoms. The summed E-state index contributed by atoms with van der Waals surface area (Å²) in [6.07, 6.45) is 0. The molecule has 0 amide bonds. The number of fused-ring (bicyclic) bond motifs is 10. The highest BCUT2D eigenvalue weighted by atomic mass is 16.3. The first-order valence-corrected chi connectivity index (χ1v) is 17.4. The van der Waals surface area contributed by atoms with Gasteiger partial charge in [-0.15, -0.1) is 0 Å². The third kappa shape index (κ3) is 4.00. The van der Waals surface area contributed by atoms with Crippen LogP contribution >= 0.6 is 0 Å². The Hall–Kier alpha value is -6.59. The van der Waals surface area contributed by atoms with E-state index in [1.54, 1.807) is 0 Å². The quantitative estimate of drug-likeness (QED) is 0.190. The van der Waals surface area contributed by atoms with Gasteiger partial charge in [-0.1, -0.05) is 105 Å². The first kappa shape index (κ1) is 28.3. The first-order valence-electron chi connectivity index (χ1n) is 17.4. The minimum atomic E-state index is -0.227. The fourth-order valence-electron chi connectivity index (χ4n) is 8.34. The van der Waals surface area contributed by atoms with Crippen molar-refractivity contribution in [3.63, 3.8) is 0 Å². The lowest BCUT2D eigenvalue weighted by atomic mass is 9.82. The van der Waals surface area contributed by atoms with Crippen LogP contribution in [-0.2, 0) is 5.41 Å². The van der Waals surface area contributed by atoms with Gasteiger partial charge in [0.1, 0.15) is 22.7 Å². The van der Waals surface area contributed by atoms with Gasteiger partial charge in [-0.25, -0.2) is 15.0 Å². The third-order valence-electron chi connectivity index (χ3n) is 10.8. The van der Waals surface area contributed by atoms with Crippen LogP contribution in [0.15, 0.2) is 150 Å². The average Bonchev–Trinajstić information content (AvgIpc) is 3.78. The molecule has 5 heteroatoms. The van der Waals surface area contributed by atoms with E-state index in [4.69, 9.17) is 19.4 Å². The molecule has 0 N–H and O–H groups in total. The van der Waals surface area contributed by atoms with Crippen molar-refractivity contribution in [1.29, 1.82) is 0 Å². The second-order valence-corrected chi connectivity index (χ2v) is 14.0. The van der Waals surface area contributed by atoms with Gasteiger partial charge in [0.25, 0.3) is 0 Å². The predicted molar refractivity (Wildman–Crippen MR) is 207 cm³/mol. The molecule has 0 saturated carbocycles. The maximum Gasteiger partial charge on any atom is 0.179 e. The molecule has 0 unspecified atom stereocenters. The molecule has 1 aliphatic rings. The number of furan rings is 1. The lowest BCUT2D eigenvalue weighted by molar-refractivity contribution is 0.647. The van der Waals surface area contributed by atoms with Crippen LogP contribution in [0.5, 0.6) is 0 Å². The highest BCUT2D eigenvalue weighted by molar-refractivity contribution is 6.13. The Labute approximate surface area is 293 Å². The van der Waals surface area contributed by atoms with E-state index in [0.29, 0.717) is 5.82 Å². The van der Waals surface area contributed by atoms with Gasteiger partial charge in [-0.05, 0) is 76.9 Å². The van der Waals surface area contributed by atoms with Gasteiger partial charge >= 0.3 is 0 Å². The smallest absolute Gasteiger partial charge is 0.179 e. The van der Waals surface area contributed by atoms with E-state index in [0.717, 1.165) is 66.6 Å². The van der Waals surface area contributed by atoms with E-state index in [9.17, 15) is 0 Å². The molecule has 0 bridgehead atoms. The molecule has 51 heavy (non-hydrogen) atoms. The summed E-state index contributed by atoms with van der Waals surface area (Å²) in [7, 11) is 0. The lowest BCUT2D eigenvalue weighted by Gasteiger charge is -2.21. The minimum Gasteiger partial charge on any atom is -0.456 e. The largest absolute Gasteiger partial charge is 0.456 e. The maximum atomic E-state index is 6.35. The minimum absolute atomic E-state index is 0.227.